The van der Waals surface area contributed by atoms with Crippen LogP contribution in [0.2, 0.25) is 0 Å². The van der Waals surface area contributed by atoms with Gasteiger partial charge in [-0.1, -0.05) is 23.1 Å². The number of ether oxygens (including phenoxy) is 2. The fourth-order valence-corrected chi connectivity index (χ4v) is 3.56. The molecule has 0 saturated heterocycles. The number of nitrogens with one attached hydrogen (secondary N) is 1. The van der Waals surface area contributed by atoms with Gasteiger partial charge in [0, 0.05) is 0 Å². The van der Waals surface area contributed by atoms with Crippen LogP contribution in [-0.2, 0) is 14.3 Å². The minimum atomic E-state index is -0.887. The van der Waals surface area contributed by atoms with Crippen molar-refractivity contribution in [3.63, 3.8) is 0 Å². The Balaban J connectivity index is 1.96. The maximum atomic E-state index is 12.0. The average Bonchev–Trinajstić information content (AvgIpc) is 3.01. The van der Waals surface area contributed by atoms with Crippen molar-refractivity contribution in [1.29, 1.82) is 0 Å². The summed E-state index contributed by atoms with van der Waals surface area (Å²) < 4.78 is 12.4. The lowest BCUT2D eigenvalue weighted by Crippen LogP contribution is -2.34. The highest BCUT2D eigenvalue weighted by molar-refractivity contribution is 8.00. The molecule has 0 atom stereocenters. The summed E-state index contributed by atoms with van der Waals surface area (Å²) in [5, 5.41) is 6.29. The molecule has 2 rings (SSSR count). The van der Waals surface area contributed by atoms with E-state index in [-0.39, 0.29) is 12.2 Å². The summed E-state index contributed by atoms with van der Waals surface area (Å²) in [6.07, 6.45) is 1.03. The van der Waals surface area contributed by atoms with E-state index in [0.29, 0.717) is 9.64 Å². The minimum absolute atomic E-state index is 0.132. The number of nitrogens with zero attached hydrogens (tertiary/aromatic N) is 2. The molecule has 1 aromatic carbocycles. The first-order valence-electron chi connectivity index (χ1n) is 7.33. The number of amides is 2. The quantitative estimate of drug-likeness (QED) is 0.438. The molecule has 0 aliphatic heterocycles. The Bertz CT molecular complexity index is 860. The molecule has 11 heteroatoms. The number of carbonyl (C=O) groups excluding carboxylic acids is 3. The fraction of sp³-hybridized carbons (Fsp3) is 0.267. The highest BCUT2D eigenvalue weighted by Crippen LogP contribution is 2.22. The van der Waals surface area contributed by atoms with Gasteiger partial charge in [0.1, 0.15) is 0 Å². The summed E-state index contributed by atoms with van der Waals surface area (Å²) in [4.78, 5) is 34.5. The third kappa shape index (κ3) is 5.38. The summed E-state index contributed by atoms with van der Waals surface area (Å²) in [7, 11) is 0. The molecule has 1 aromatic heterocycles. The van der Waals surface area contributed by atoms with E-state index in [1.54, 1.807) is 35.9 Å². The molecule has 0 bridgehead atoms. The van der Waals surface area contributed by atoms with Gasteiger partial charge in [-0.2, -0.15) is 0 Å². The summed E-state index contributed by atoms with van der Waals surface area (Å²) in [5.74, 6) is -1.46. The molecule has 0 spiro atoms. The van der Waals surface area contributed by atoms with E-state index in [0.717, 1.165) is 4.34 Å². The van der Waals surface area contributed by atoms with Crippen LogP contribution in [0.3, 0.4) is 0 Å². The molecule has 8 nitrogen and oxygen atoms in total. The van der Waals surface area contributed by atoms with Crippen molar-refractivity contribution in [2.75, 3.05) is 19.5 Å². The van der Waals surface area contributed by atoms with E-state index in [2.05, 4.69) is 9.84 Å². The van der Waals surface area contributed by atoms with Gasteiger partial charge in [-0.25, -0.2) is 14.3 Å². The first-order valence-corrected chi connectivity index (χ1v) is 9.78. The number of imide groups is 1. The van der Waals surface area contributed by atoms with Gasteiger partial charge in [-0.3, -0.25) is 10.1 Å². The maximum Gasteiger partial charge on any atom is 0.413 e. The molecule has 0 aliphatic rings. The molecule has 26 heavy (non-hydrogen) atoms. The Morgan fingerprint density at radius 1 is 1.27 bits per heavy atom. The SMILES string of the molecule is CCOC(=O)NC(=O)COC(=O)c1ccc(-n2nc(SC)sc2=S)cc1. The summed E-state index contributed by atoms with van der Waals surface area (Å²) in [5.41, 5.74) is 0.965. The number of rotatable bonds is 6. The molecule has 0 radical (unpaired) electrons. The first-order chi connectivity index (χ1) is 12.4. The summed E-state index contributed by atoms with van der Waals surface area (Å²) in [6.45, 7) is 1.15. The van der Waals surface area contributed by atoms with Crippen LogP contribution in [0.4, 0.5) is 4.79 Å². The van der Waals surface area contributed by atoms with Crippen molar-refractivity contribution in [1.82, 2.24) is 15.1 Å². The Morgan fingerprint density at radius 3 is 2.54 bits per heavy atom. The van der Waals surface area contributed by atoms with E-state index in [1.807, 2.05) is 11.6 Å². The van der Waals surface area contributed by atoms with Gasteiger partial charge in [0.25, 0.3) is 5.91 Å². The van der Waals surface area contributed by atoms with Crippen molar-refractivity contribution in [2.45, 2.75) is 11.3 Å². The average molecular weight is 414 g/mol. The monoisotopic (exact) mass is 413 g/mol. The number of esters is 1. The zero-order chi connectivity index (χ0) is 19.1. The molecular formula is C15H15N3O5S3. The second-order valence-corrected chi connectivity index (χ2v) is 7.32. The summed E-state index contributed by atoms with van der Waals surface area (Å²) in [6, 6.07) is 6.44. The third-order valence-corrected chi connectivity index (χ3v) is 5.11. The van der Waals surface area contributed by atoms with Crippen LogP contribution in [0.5, 0.6) is 0 Å². The largest absolute Gasteiger partial charge is 0.452 e. The lowest BCUT2D eigenvalue weighted by atomic mass is 10.2. The zero-order valence-corrected chi connectivity index (χ0v) is 16.3. The van der Waals surface area contributed by atoms with Gasteiger partial charge >= 0.3 is 12.1 Å². The Hall–Kier alpha value is -2.24. The normalized spacial score (nSPS) is 10.2. The predicted octanol–water partition coefficient (Wildman–Crippen LogP) is 2.81. The highest BCUT2D eigenvalue weighted by atomic mass is 32.2. The van der Waals surface area contributed by atoms with Gasteiger partial charge in [0.15, 0.2) is 14.9 Å². The molecule has 0 aliphatic carbocycles. The van der Waals surface area contributed by atoms with Crippen LogP contribution in [0.15, 0.2) is 28.6 Å². The predicted molar refractivity (Wildman–Crippen MR) is 99.5 cm³/mol. The van der Waals surface area contributed by atoms with E-state index in [9.17, 15) is 14.4 Å². The van der Waals surface area contributed by atoms with E-state index in [4.69, 9.17) is 17.0 Å². The molecule has 0 fully saturated rings. The number of alkyl carbamates (subject to hydrolysis) is 1. The van der Waals surface area contributed by atoms with Gasteiger partial charge in [-0.15, -0.1) is 5.10 Å². The van der Waals surface area contributed by atoms with E-state index < -0.39 is 24.6 Å². The molecule has 2 aromatic rings. The number of thioether (sulfide) groups is 1. The number of carbonyl (C=O) groups is 3. The van der Waals surface area contributed by atoms with E-state index in [1.165, 1.54) is 23.1 Å². The lowest BCUT2D eigenvalue weighted by Gasteiger charge is -2.06. The molecule has 0 unspecified atom stereocenters. The van der Waals surface area contributed by atoms with Crippen LogP contribution >= 0.6 is 35.3 Å². The van der Waals surface area contributed by atoms with Crippen molar-refractivity contribution in [3.8, 4) is 5.69 Å². The second kappa shape index (κ2) is 9.46. The van der Waals surface area contributed by atoms with Crippen molar-refractivity contribution in [2.24, 2.45) is 0 Å². The van der Waals surface area contributed by atoms with Crippen molar-refractivity contribution in [3.05, 3.63) is 33.8 Å². The Labute approximate surface area is 162 Å². The lowest BCUT2D eigenvalue weighted by molar-refractivity contribution is -0.123. The van der Waals surface area contributed by atoms with Gasteiger partial charge in [0.05, 0.1) is 17.9 Å². The van der Waals surface area contributed by atoms with Crippen LogP contribution in [-0.4, -0.2) is 47.2 Å². The first kappa shape index (κ1) is 20.1. The van der Waals surface area contributed by atoms with Crippen LogP contribution < -0.4 is 5.32 Å². The number of hydrogen-bond donors (Lipinski definition) is 1. The minimum Gasteiger partial charge on any atom is -0.452 e. The highest BCUT2D eigenvalue weighted by Gasteiger charge is 2.13. The molecular weight excluding hydrogens is 398 g/mol. The molecule has 1 N–H and O–H groups in total. The van der Waals surface area contributed by atoms with Crippen molar-refractivity contribution < 1.29 is 23.9 Å². The number of aromatic nitrogens is 2. The van der Waals surface area contributed by atoms with Crippen LogP contribution in [0.1, 0.15) is 17.3 Å². The standard InChI is InChI=1S/C15H15N3O5S3/c1-3-22-13(21)16-11(19)8-23-12(20)9-4-6-10(7-5-9)18-15(24)26-14(17-18)25-2/h4-7H,3,8H2,1-2H3,(H,16,19,21). The Kier molecular flexibility index (Phi) is 7.30. The molecule has 0 saturated carbocycles. The van der Waals surface area contributed by atoms with E-state index >= 15 is 0 Å². The molecule has 138 valence electrons. The van der Waals surface area contributed by atoms with Crippen LogP contribution in [0.25, 0.3) is 5.69 Å². The Morgan fingerprint density at radius 2 is 1.96 bits per heavy atom. The second-order valence-electron chi connectivity index (χ2n) is 4.64. The molecule has 1 heterocycles. The van der Waals surface area contributed by atoms with Gasteiger partial charge < -0.3 is 9.47 Å². The molecule has 2 amide bonds. The van der Waals surface area contributed by atoms with Gasteiger partial charge in [0.2, 0.25) is 0 Å². The van der Waals surface area contributed by atoms with Crippen LogP contribution in [0, 0.1) is 3.95 Å². The smallest absolute Gasteiger partial charge is 0.413 e. The maximum absolute atomic E-state index is 12.0. The summed E-state index contributed by atoms with van der Waals surface area (Å²) >= 11 is 8.15. The fourth-order valence-electron chi connectivity index (χ4n) is 1.78. The zero-order valence-electron chi connectivity index (χ0n) is 13.9. The number of hydrogen-bond acceptors (Lipinski definition) is 9. The number of benzene rings is 1. The van der Waals surface area contributed by atoms with Crippen molar-refractivity contribution >= 4 is 53.3 Å². The third-order valence-electron chi connectivity index (χ3n) is 2.90. The van der Waals surface area contributed by atoms with Gasteiger partial charge in [-0.05, 0) is 49.7 Å². The topological polar surface area (TPSA) is 99.5 Å².